The largest absolute Gasteiger partial charge is 0.507 e. The number of benzene rings is 1. The molecule has 0 aliphatic heterocycles. The second-order valence-corrected chi connectivity index (χ2v) is 7.73. The van der Waals surface area contributed by atoms with Gasteiger partial charge in [-0.15, -0.1) is 0 Å². The lowest BCUT2D eigenvalue weighted by molar-refractivity contribution is 0.313. The van der Waals surface area contributed by atoms with Crippen molar-refractivity contribution < 1.29 is 5.11 Å². The summed E-state index contributed by atoms with van der Waals surface area (Å²) in [6.45, 7) is 9.01. The van der Waals surface area contributed by atoms with Crippen LogP contribution in [0.2, 0.25) is 0 Å². The smallest absolute Gasteiger partial charge is 0.132 e. The highest BCUT2D eigenvalue weighted by molar-refractivity contribution is 14.1. The van der Waals surface area contributed by atoms with E-state index in [4.69, 9.17) is 0 Å². The summed E-state index contributed by atoms with van der Waals surface area (Å²) < 4.78 is 1.01. The number of rotatable bonds is 3. The molecular weight excluding hydrogens is 347 g/mol. The summed E-state index contributed by atoms with van der Waals surface area (Å²) in [5.74, 6) is 1.52. The van der Waals surface area contributed by atoms with Crippen molar-refractivity contribution >= 4 is 22.6 Å². The number of hydrogen-bond acceptors (Lipinski definition) is 1. The Morgan fingerprint density at radius 3 is 2.16 bits per heavy atom. The fraction of sp³-hybridized carbons (Fsp3) is 0.647. The lowest BCUT2D eigenvalue weighted by atomic mass is 9.70. The summed E-state index contributed by atoms with van der Waals surface area (Å²) in [5.41, 5.74) is 2.89. The van der Waals surface area contributed by atoms with Gasteiger partial charge in [0.25, 0.3) is 0 Å². The molecular formula is C17H25IO. The van der Waals surface area contributed by atoms with Crippen LogP contribution in [0, 0.1) is 9.49 Å². The van der Waals surface area contributed by atoms with Gasteiger partial charge in [-0.1, -0.05) is 46.6 Å². The zero-order valence-corrected chi connectivity index (χ0v) is 14.6. The average molecular weight is 372 g/mol. The second kappa shape index (κ2) is 5.63. The molecule has 0 heterocycles. The van der Waals surface area contributed by atoms with Gasteiger partial charge in [-0.3, -0.25) is 0 Å². The predicted octanol–water partition coefficient (Wildman–Crippen LogP) is 5.59. The predicted molar refractivity (Wildman–Crippen MR) is 89.9 cm³/mol. The molecule has 0 amide bonds. The van der Waals surface area contributed by atoms with Crippen molar-refractivity contribution in [3.63, 3.8) is 0 Å². The first-order valence-electron chi connectivity index (χ1n) is 7.41. The van der Waals surface area contributed by atoms with Crippen LogP contribution in [-0.2, 0) is 5.41 Å². The maximum atomic E-state index is 10.3. The summed E-state index contributed by atoms with van der Waals surface area (Å²) in [6, 6.07) is 4.49. The van der Waals surface area contributed by atoms with E-state index in [1.54, 1.807) is 0 Å². The normalized spacial score (nSPS) is 18.5. The Morgan fingerprint density at radius 1 is 1.11 bits per heavy atom. The zero-order chi connectivity index (χ0) is 14.2. The molecule has 2 rings (SSSR count). The van der Waals surface area contributed by atoms with Crippen LogP contribution >= 0.6 is 22.6 Å². The van der Waals surface area contributed by atoms with Crippen LogP contribution in [0.5, 0.6) is 5.75 Å². The van der Waals surface area contributed by atoms with Crippen LogP contribution in [0.4, 0.5) is 0 Å². The SMILES string of the molecule is CC(C)c1cc(C2(C(C)C)CCCC2)cc(I)c1O. The van der Waals surface area contributed by atoms with Crippen molar-refractivity contribution in [1.29, 1.82) is 0 Å². The minimum absolute atomic E-state index is 0.331. The molecule has 0 spiro atoms. The Morgan fingerprint density at radius 2 is 1.68 bits per heavy atom. The molecule has 0 atom stereocenters. The van der Waals surface area contributed by atoms with Crippen LogP contribution < -0.4 is 0 Å². The molecule has 1 aromatic carbocycles. The van der Waals surface area contributed by atoms with Gasteiger partial charge < -0.3 is 5.11 Å². The highest BCUT2D eigenvalue weighted by atomic mass is 127. The fourth-order valence-electron chi connectivity index (χ4n) is 3.55. The summed E-state index contributed by atoms with van der Waals surface area (Å²) in [6.07, 6.45) is 5.27. The molecule has 1 N–H and O–H groups in total. The van der Waals surface area contributed by atoms with Crippen LogP contribution in [0.1, 0.15) is 70.4 Å². The first-order valence-corrected chi connectivity index (χ1v) is 8.49. The van der Waals surface area contributed by atoms with Gasteiger partial charge in [-0.05, 0) is 69.9 Å². The molecule has 0 saturated heterocycles. The molecule has 2 heteroatoms. The van der Waals surface area contributed by atoms with E-state index in [9.17, 15) is 5.11 Å². The minimum atomic E-state index is 0.331. The molecule has 0 radical (unpaired) electrons. The molecule has 1 saturated carbocycles. The summed E-state index contributed by atoms with van der Waals surface area (Å²) >= 11 is 2.28. The van der Waals surface area contributed by atoms with E-state index >= 15 is 0 Å². The van der Waals surface area contributed by atoms with E-state index in [1.165, 1.54) is 31.2 Å². The van der Waals surface area contributed by atoms with Crippen molar-refractivity contribution in [2.24, 2.45) is 5.92 Å². The number of aromatic hydroxyl groups is 1. The first kappa shape index (κ1) is 15.1. The highest BCUT2D eigenvalue weighted by Gasteiger charge is 2.39. The Balaban J connectivity index is 2.55. The number of phenols is 1. The first-order chi connectivity index (χ1) is 8.88. The van der Waals surface area contributed by atoms with E-state index in [0.717, 1.165) is 9.13 Å². The van der Waals surface area contributed by atoms with Gasteiger partial charge in [0.05, 0.1) is 3.57 Å². The van der Waals surface area contributed by atoms with Crippen molar-refractivity contribution in [1.82, 2.24) is 0 Å². The average Bonchev–Trinajstić information content (AvgIpc) is 2.82. The number of hydrogen-bond donors (Lipinski definition) is 1. The van der Waals surface area contributed by atoms with E-state index in [2.05, 4.69) is 62.4 Å². The van der Waals surface area contributed by atoms with Crippen molar-refractivity contribution in [3.8, 4) is 5.75 Å². The quantitative estimate of drug-likeness (QED) is 0.686. The molecule has 1 nitrogen and oxygen atoms in total. The molecule has 19 heavy (non-hydrogen) atoms. The molecule has 1 fully saturated rings. The van der Waals surface area contributed by atoms with Gasteiger partial charge in [-0.25, -0.2) is 0 Å². The lowest BCUT2D eigenvalue weighted by Crippen LogP contribution is -2.29. The standard InChI is InChI=1S/C17H25IO/c1-11(2)14-9-13(10-15(18)16(14)19)17(12(3)4)7-5-6-8-17/h9-12,19H,5-8H2,1-4H3. The molecule has 1 aliphatic carbocycles. The van der Waals surface area contributed by atoms with Crippen LogP contribution in [0.25, 0.3) is 0 Å². The van der Waals surface area contributed by atoms with Crippen LogP contribution in [0.15, 0.2) is 12.1 Å². The molecule has 1 aliphatic rings. The molecule has 106 valence electrons. The van der Waals surface area contributed by atoms with Crippen molar-refractivity contribution in [3.05, 3.63) is 26.8 Å². The third-order valence-electron chi connectivity index (χ3n) is 4.89. The number of phenolic OH excluding ortho intramolecular Hbond substituents is 1. The van der Waals surface area contributed by atoms with Crippen molar-refractivity contribution in [2.75, 3.05) is 0 Å². The summed E-state index contributed by atoms with van der Waals surface area (Å²) in [4.78, 5) is 0. The summed E-state index contributed by atoms with van der Waals surface area (Å²) in [7, 11) is 0. The fourth-order valence-corrected chi connectivity index (χ4v) is 4.20. The third-order valence-corrected chi connectivity index (χ3v) is 5.71. The third kappa shape index (κ3) is 2.65. The maximum absolute atomic E-state index is 10.3. The lowest BCUT2D eigenvalue weighted by Gasteiger charge is -2.35. The van der Waals surface area contributed by atoms with Gasteiger partial charge in [0.1, 0.15) is 5.75 Å². The Hall–Kier alpha value is -0.250. The van der Waals surface area contributed by atoms with E-state index in [0.29, 0.717) is 23.0 Å². The molecule has 0 bridgehead atoms. The molecule has 0 unspecified atom stereocenters. The molecule has 1 aromatic rings. The highest BCUT2D eigenvalue weighted by Crippen LogP contribution is 2.48. The number of halogens is 1. The second-order valence-electron chi connectivity index (χ2n) is 6.57. The minimum Gasteiger partial charge on any atom is -0.507 e. The van der Waals surface area contributed by atoms with Crippen molar-refractivity contribution in [2.45, 2.75) is 64.7 Å². The maximum Gasteiger partial charge on any atom is 0.132 e. The van der Waals surface area contributed by atoms with Gasteiger partial charge in [0, 0.05) is 0 Å². The molecule has 0 aromatic heterocycles. The van der Waals surface area contributed by atoms with E-state index in [1.807, 2.05) is 0 Å². The van der Waals surface area contributed by atoms with E-state index < -0.39 is 0 Å². The Bertz CT molecular complexity index is 457. The van der Waals surface area contributed by atoms with Gasteiger partial charge in [0.2, 0.25) is 0 Å². The summed E-state index contributed by atoms with van der Waals surface area (Å²) in [5, 5.41) is 10.3. The topological polar surface area (TPSA) is 20.2 Å². The Kier molecular flexibility index (Phi) is 4.49. The van der Waals surface area contributed by atoms with Gasteiger partial charge in [0.15, 0.2) is 0 Å². The monoisotopic (exact) mass is 372 g/mol. The van der Waals surface area contributed by atoms with Gasteiger partial charge in [-0.2, -0.15) is 0 Å². The van der Waals surface area contributed by atoms with E-state index in [-0.39, 0.29) is 0 Å². The van der Waals surface area contributed by atoms with Crippen LogP contribution in [-0.4, -0.2) is 5.11 Å². The van der Waals surface area contributed by atoms with Crippen LogP contribution in [0.3, 0.4) is 0 Å². The zero-order valence-electron chi connectivity index (χ0n) is 12.5. The Labute approximate surface area is 130 Å². The van der Waals surface area contributed by atoms with Gasteiger partial charge >= 0.3 is 0 Å².